The Hall–Kier alpha value is -3.43. The number of phenolic OH excluding ortho intramolecular Hbond substituents is 1. The predicted octanol–water partition coefficient (Wildman–Crippen LogP) is 3.09. The minimum atomic E-state index is -1.02. The number of nitrogens with two attached hydrogens (primary N) is 2. The van der Waals surface area contributed by atoms with Gasteiger partial charge in [0.2, 0.25) is 11.8 Å². The SMILES string of the molecule is NCCCC[C@H](NC(=O)[C@@H](Cc1cc(Br)c(O)c(Br)c1)NC(=O)N1CCC(NC(N)=O)CC1)C(=O)N1CCC(c2ccncc2)CC1. The van der Waals surface area contributed by atoms with Crippen molar-refractivity contribution in [2.24, 2.45) is 11.5 Å². The second kappa shape index (κ2) is 17.6. The summed E-state index contributed by atoms with van der Waals surface area (Å²) < 4.78 is 0.864. The fourth-order valence-corrected chi connectivity index (χ4v) is 7.44. The number of halogens is 2. The molecule has 2 aliphatic rings. The second-order valence-corrected chi connectivity index (χ2v) is 13.8. The fourth-order valence-electron chi connectivity index (χ4n) is 6.16. The molecule has 256 valence electrons. The molecule has 2 saturated heterocycles. The Morgan fingerprint density at radius 2 is 1.53 bits per heavy atom. The number of carbonyl (C=O) groups is 4. The number of nitrogens with one attached hydrogen (secondary N) is 3. The fraction of sp³-hybridized carbons (Fsp3) is 0.531. The van der Waals surface area contributed by atoms with Gasteiger partial charge in [-0.1, -0.05) is 0 Å². The van der Waals surface area contributed by atoms with Crippen molar-refractivity contribution in [3.8, 4) is 5.75 Å². The first kappa shape index (κ1) is 36.4. The Morgan fingerprint density at radius 1 is 0.915 bits per heavy atom. The molecule has 0 unspecified atom stereocenters. The van der Waals surface area contributed by atoms with E-state index in [4.69, 9.17) is 11.5 Å². The van der Waals surface area contributed by atoms with E-state index in [0.29, 0.717) is 85.3 Å². The van der Waals surface area contributed by atoms with Crippen molar-refractivity contribution in [2.45, 2.75) is 75.4 Å². The molecule has 2 aromatic rings. The van der Waals surface area contributed by atoms with Gasteiger partial charge in [0.05, 0.1) is 8.95 Å². The number of aromatic hydroxyl groups is 1. The maximum absolute atomic E-state index is 14.0. The van der Waals surface area contributed by atoms with E-state index in [2.05, 4.69) is 52.8 Å². The number of phenols is 1. The molecule has 47 heavy (non-hydrogen) atoms. The van der Waals surface area contributed by atoms with Crippen LogP contribution in [-0.2, 0) is 16.0 Å². The lowest BCUT2D eigenvalue weighted by atomic mass is 9.89. The molecule has 0 saturated carbocycles. The molecule has 3 heterocycles. The molecule has 0 spiro atoms. The van der Waals surface area contributed by atoms with Gasteiger partial charge in [0.15, 0.2) is 0 Å². The number of piperidine rings is 2. The van der Waals surface area contributed by atoms with Crippen LogP contribution in [0, 0.1) is 0 Å². The predicted molar refractivity (Wildman–Crippen MR) is 184 cm³/mol. The molecular weight excluding hydrogens is 736 g/mol. The van der Waals surface area contributed by atoms with Crippen LogP contribution >= 0.6 is 31.9 Å². The first-order valence-corrected chi connectivity index (χ1v) is 17.6. The monoisotopic (exact) mass is 778 g/mol. The van der Waals surface area contributed by atoms with Crippen LogP contribution in [0.2, 0.25) is 0 Å². The van der Waals surface area contributed by atoms with Gasteiger partial charge < -0.3 is 42.3 Å². The van der Waals surface area contributed by atoms with Crippen LogP contribution in [0.3, 0.4) is 0 Å². The molecule has 0 bridgehead atoms. The van der Waals surface area contributed by atoms with Crippen LogP contribution in [0.4, 0.5) is 9.59 Å². The van der Waals surface area contributed by atoms with Crippen LogP contribution in [-0.4, -0.2) is 94.6 Å². The highest BCUT2D eigenvalue weighted by atomic mass is 79.9. The smallest absolute Gasteiger partial charge is 0.318 e. The molecule has 2 aliphatic heterocycles. The maximum atomic E-state index is 14.0. The van der Waals surface area contributed by atoms with Gasteiger partial charge in [-0.25, -0.2) is 9.59 Å². The highest BCUT2D eigenvalue weighted by Crippen LogP contribution is 2.34. The van der Waals surface area contributed by atoms with E-state index < -0.39 is 30.1 Å². The lowest BCUT2D eigenvalue weighted by Crippen LogP contribution is -2.58. The van der Waals surface area contributed by atoms with Gasteiger partial charge >= 0.3 is 12.1 Å². The van der Waals surface area contributed by atoms with Crippen molar-refractivity contribution >= 4 is 55.7 Å². The first-order chi connectivity index (χ1) is 22.5. The number of hydrogen-bond donors (Lipinski definition) is 6. The molecule has 4 rings (SSSR count). The van der Waals surface area contributed by atoms with E-state index >= 15 is 0 Å². The van der Waals surface area contributed by atoms with Crippen LogP contribution in [0.15, 0.2) is 45.6 Å². The molecule has 2 atom stereocenters. The van der Waals surface area contributed by atoms with E-state index in [-0.39, 0.29) is 24.1 Å². The standard InChI is InChI=1S/C32H44Br2N8O5/c33-24-17-20(18-25(34)28(24)43)19-27(40-32(47)42-15-8-23(9-16-42)38-31(36)46)29(44)39-26(3-1-2-10-35)30(45)41-13-6-22(7-14-41)21-4-11-37-12-5-21/h4-5,11-12,17-18,22-23,26-27,43H,1-3,6-10,13-16,19,35H2,(H,39,44)(H,40,47)(H3,36,38,46)/t26-,27+/m0/s1. The molecule has 0 aliphatic carbocycles. The first-order valence-electron chi connectivity index (χ1n) is 16.0. The van der Waals surface area contributed by atoms with Crippen molar-refractivity contribution in [1.82, 2.24) is 30.7 Å². The third-order valence-corrected chi connectivity index (χ3v) is 10.0. The Labute approximate surface area is 291 Å². The third kappa shape index (κ3) is 10.5. The summed E-state index contributed by atoms with van der Waals surface area (Å²) in [5, 5.41) is 18.7. The molecule has 15 heteroatoms. The summed E-state index contributed by atoms with van der Waals surface area (Å²) in [6.45, 7) is 2.37. The number of carbonyl (C=O) groups excluding carboxylic acids is 4. The zero-order valence-corrected chi connectivity index (χ0v) is 29.5. The summed E-state index contributed by atoms with van der Waals surface area (Å²) in [7, 11) is 0. The Bertz CT molecular complexity index is 1360. The minimum Gasteiger partial charge on any atom is -0.506 e. The summed E-state index contributed by atoms with van der Waals surface area (Å²) in [5.41, 5.74) is 12.9. The number of benzene rings is 1. The molecular formula is C32H44Br2N8O5. The van der Waals surface area contributed by atoms with Crippen molar-refractivity contribution in [3.05, 3.63) is 56.7 Å². The number of unbranched alkanes of at least 4 members (excludes halogenated alkanes) is 1. The number of nitrogens with zero attached hydrogens (tertiary/aromatic N) is 3. The number of aromatic nitrogens is 1. The summed E-state index contributed by atoms with van der Waals surface area (Å²) in [6.07, 6.45) is 8.14. The molecule has 2 fully saturated rings. The lowest BCUT2D eigenvalue weighted by Gasteiger charge is -2.35. The summed E-state index contributed by atoms with van der Waals surface area (Å²) in [5.74, 6) is -0.272. The van der Waals surface area contributed by atoms with Gasteiger partial charge in [0.25, 0.3) is 0 Å². The average Bonchev–Trinajstić information content (AvgIpc) is 3.06. The largest absolute Gasteiger partial charge is 0.506 e. The number of rotatable bonds is 12. The molecule has 13 nitrogen and oxygen atoms in total. The normalized spacial score (nSPS) is 17.1. The van der Waals surface area contributed by atoms with E-state index in [9.17, 15) is 24.3 Å². The zero-order chi connectivity index (χ0) is 33.9. The highest BCUT2D eigenvalue weighted by Gasteiger charge is 2.33. The highest BCUT2D eigenvalue weighted by molar-refractivity contribution is 9.11. The van der Waals surface area contributed by atoms with Crippen LogP contribution in [0.5, 0.6) is 5.75 Å². The average molecular weight is 781 g/mol. The maximum Gasteiger partial charge on any atom is 0.318 e. The van der Waals surface area contributed by atoms with E-state index in [0.717, 1.165) is 12.8 Å². The van der Waals surface area contributed by atoms with Crippen LogP contribution in [0.1, 0.15) is 62.0 Å². The second-order valence-electron chi connectivity index (χ2n) is 12.1. The van der Waals surface area contributed by atoms with Gasteiger partial charge in [0, 0.05) is 51.0 Å². The Morgan fingerprint density at radius 3 is 2.13 bits per heavy atom. The molecule has 1 aromatic carbocycles. The third-order valence-electron chi connectivity index (χ3n) is 8.80. The van der Waals surface area contributed by atoms with Gasteiger partial charge in [0.1, 0.15) is 17.8 Å². The Kier molecular flexibility index (Phi) is 13.7. The Balaban J connectivity index is 1.47. The lowest BCUT2D eigenvalue weighted by molar-refractivity contribution is -0.138. The van der Waals surface area contributed by atoms with Gasteiger partial charge in [-0.15, -0.1) is 0 Å². The van der Waals surface area contributed by atoms with E-state index in [1.54, 1.807) is 29.4 Å². The number of amides is 6. The van der Waals surface area contributed by atoms with Crippen molar-refractivity contribution in [1.29, 1.82) is 0 Å². The number of pyridine rings is 1. The van der Waals surface area contributed by atoms with Crippen molar-refractivity contribution in [2.75, 3.05) is 32.7 Å². The van der Waals surface area contributed by atoms with Gasteiger partial charge in [-0.3, -0.25) is 14.6 Å². The number of primary amides is 1. The van der Waals surface area contributed by atoms with Gasteiger partial charge in [-0.2, -0.15) is 0 Å². The minimum absolute atomic E-state index is 0.0181. The molecule has 1 aromatic heterocycles. The molecule has 0 radical (unpaired) electrons. The quantitative estimate of drug-likeness (QED) is 0.178. The summed E-state index contributed by atoms with van der Waals surface area (Å²) in [6, 6.07) is 4.43. The summed E-state index contributed by atoms with van der Waals surface area (Å²) >= 11 is 6.68. The van der Waals surface area contributed by atoms with E-state index in [1.807, 2.05) is 17.0 Å². The summed E-state index contributed by atoms with van der Waals surface area (Å²) in [4.78, 5) is 60.0. The van der Waals surface area contributed by atoms with Crippen molar-refractivity contribution in [3.63, 3.8) is 0 Å². The molecule has 8 N–H and O–H groups in total. The van der Waals surface area contributed by atoms with Crippen LogP contribution in [0.25, 0.3) is 0 Å². The topological polar surface area (TPSA) is 196 Å². The van der Waals surface area contributed by atoms with Gasteiger partial charge in [-0.05, 0) is 125 Å². The zero-order valence-electron chi connectivity index (χ0n) is 26.3. The van der Waals surface area contributed by atoms with Crippen LogP contribution < -0.4 is 27.4 Å². The number of likely N-dealkylation sites (tertiary alicyclic amines) is 2. The van der Waals surface area contributed by atoms with E-state index in [1.165, 1.54) is 5.56 Å². The number of urea groups is 2. The molecule has 6 amide bonds. The van der Waals surface area contributed by atoms with Crippen molar-refractivity contribution < 1.29 is 24.3 Å². The number of hydrogen-bond acceptors (Lipinski definition) is 7.